The van der Waals surface area contributed by atoms with Crippen molar-refractivity contribution in [3.8, 4) is 11.5 Å². The van der Waals surface area contributed by atoms with Crippen LogP contribution in [0.2, 0.25) is 0 Å². The van der Waals surface area contributed by atoms with Gasteiger partial charge in [0.1, 0.15) is 5.82 Å². The SMILES string of the molecule is COC(=O)C1Oc2ccc(F)cc2O1. The van der Waals surface area contributed by atoms with E-state index in [9.17, 15) is 9.18 Å². The van der Waals surface area contributed by atoms with E-state index in [0.717, 1.165) is 6.07 Å². The molecule has 0 amide bonds. The van der Waals surface area contributed by atoms with Gasteiger partial charge in [-0.3, -0.25) is 0 Å². The van der Waals surface area contributed by atoms with Gasteiger partial charge in [0.15, 0.2) is 11.5 Å². The maximum Gasteiger partial charge on any atom is 0.389 e. The van der Waals surface area contributed by atoms with E-state index in [1.165, 1.54) is 19.2 Å². The predicted octanol–water partition coefficient (Wildman–Crippen LogP) is 1.10. The van der Waals surface area contributed by atoms with E-state index in [1.807, 2.05) is 0 Å². The maximum absolute atomic E-state index is 12.7. The number of fused-ring (bicyclic) bond motifs is 1. The average Bonchev–Trinajstić information content (AvgIpc) is 2.59. The van der Waals surface area contributed by atoms with Crippen molar-refractivity contribution in [2.75, 3.05) is 7.11 Å². The first-order valence-electron chi connectivity index (χ1n) is 3.91. The summed E-state index contributed by atoms with van der Waals surface area (Å²) in [6.07, 6.45) is -1.13. The van der Waals surface area contributed by atoms with Crippen LogP contribution in [0.25, 0.3) is 0 Å². The Morgan fingerprint density at radius 1 is 1.43 bits per heavy atom. The molecule has 1 unspecified atom stereocenters. The highest BCUT2D eigenvalue weighted by atomic mass is 19.1. The fraction of sp³-hybridized carbons (Fsp3) is 0.222. The van der Waals surface area contributed by atoms with Crippen molar-refractivity contribution in [2.45, 2.75) is 6.29 Å². The van der Waals surface area contributed by atoms with Crippen molar-refractivity contribution < 1.29 is 23.4 Å². The number of methoxy groups -OCH3 is 1. The lowest BCUT2D eigenvalue weighted by atomic mass is 10.3. The molecule has 0 fully saturated rings. The molecule has 1 aromatic rings. The molecule has 0 N–H and O–H groups in total. The Balaban J connectivity index is 2.22. The average molecular weight is 198 g/mol. The molecule has 0 radical (unpaired) electrons. The van der Waals surface area contributed by atoms with E-state index in [0.29, 0.717) is 5.75 Å². The summed E-state index contributed by atoms with van der Waals surface area (Å²) in [6, 6.07) is 3.77. The van der Waals surface area contributed by atoms with Crippen LogP contribution in [0, 0.1) is 5.82 Å². The summed E-state index contributed by atoms with van der Waals surface area (Å²) in [7, 11) is 1.22. The molecule has 1 aliphatic rings. The fourth-order valence-corrected chi connectivity index (χ4v) is 1.12. The van der Waals surface area contributed by atoms with Crippen LogP contribution < -0.4 is 9.47 Å². The van der Waals surface area contributed by atoms with Gasteiger partial charge in [-0.05, 0) is 12.1 Å². The Morgan fingerprint density at radius 3 is 2.86 bits per heavy atom. The number of ether oxygens (including phenoxy) is 3. The second-order valence-electron chi connectivity index (χ2n) is 2.68. The maximum atomic E-state index is 12.7. The molecule has 2 rings (SSSR count). The molecule has 0 aliphatic carbocycles. The van der Waals surface area contributed by atoms with Crippen molar-refractivity contribution in [1.29, 1.82) is 0 Å². The molecule has 0 saturated heterocycles. The van der Waals surface area contributed by atoms with Crippen molar-refractivity contribution >= 4 is 5.97 Å². The van der Waals surface area contributed by atoms with Crippen molar-refractivity contribution in [2.24, 2.45) is 0 Å². The second kappa shape index (κ2) is 3.17. The largest absolute Gasteiger partial charge is 0.463 e. The molecule has 1 heterocycles. The van der Waals surface area contributed by atoms with E-state index >= 15 is 0 Å². The number of hydrogen-bond donors (Lipinski definition) is 0. The highest BCUT2D eigenvalue weighted by molar-refractivity contribution is 5.75. The van der Waals surface area contributed by atoms with Gasteiger partial charge in [0.25, 0.3) is 0 Å². The third kappa shape index (κ3) is 1.37. The van der Waals surface area contributed by atoms with Gasteiger partial charge in [-0.15, -0.1) is 0 Å². The monoisotopic (exact) mass is 198 g/mol. The Morgan fingerprint density at radius 2 is 2.14 bits per heavy atom. The minimum absolute atomic E-state index is 0.209. The van der Waals surface area contributed by atoms with Crippen LogP contribution in [0.5, 0.6) is 11.5 Å². The Hall–Kier alpha value is -1.78. The number of hydrogen-bond acceptors (Lipinski definition) is 4. The smallest absolute Gasteiger partial charge is 0.389 e. The molecule has 1 aliphatic heterocycles. The first kappa shape index (κ1) is 8.80. The van der Waals surface area contributed by atoms with E-state index in [4.69, 9.17) is 9.47 Å². The van der Waals surface area contributed by atoms with Crippen LogP contribution in [0.15, 0.2) is 18.2 Å². The lowest BCUT2D eigenvalue weighted by Gasteiger charge is -2.05. The normalized spacial score (nSPS) is 18.0. The number of benzene rings is 1. The van der Waals surface area contributed by atoms with E-state index < -0.39 is 18.1 Å². The third-order valence-electron chi connectivity index (χ3n) is 1.77. The van der Waals surface area contributed by atoms with Crippen LogP contribution in [-0.2, 0) is 9.53 Å². The molecule has 0 aromatic heterocycles. The lowest BCUT2D eigenvalue weighted by molar-refractivity contribution is -0.158. The van der Waals surface area contributed by atoms with Gasteiger partial charge in [0.2, 0.25) is 0 Å². The first-order valence-corrected chi connectivity index (χ1v) is 3.91. The van der Waals surface area contributed by atoms with Gasteiger partial charge in [-0.1, -0.05) is 0 Å². The number of halogens is 1. The van der Waals surface area contributed by atoms with Gasteiger partial charge in [-0.2, -0.15) is 0 Å². The predicted molar refractivity (Wildman–Crippen MR) is 43.5 cm³/mol. The van der Waals surface area contributed by atoms with Crippen molar-refractivity contribution in [3.63, 3.8) is 0 Å². The molecule has 14 heavy (non-hydrogen) atoms. The van der Waals surface area contributed by atoms with E-state index in [-0.39, 0.29) is 5.75 Å². The van der Waals surface area contributed by atoms with Crippen LogP contribution in [-0.4, -0.2) is 19.4 Å². The van der Waals surface area contributed by atoms with Gasteiger partial charge < -0.3 is 14.2 Å². The molecular formula is C9H7FO4. The molecule has 0 bridgehead atoms. The molecule has 74 valence electrons. The zero-order valence-electron chi connectivity index (χ0n) is 7.32. The quantitative estimate of drug-likeness (QED) is 0.634. The van der Waals surface area contributed by atoms with Crippen LogP contribution in [0.4, 0.5) is 4.39 Å². The number of rotatable bonds is 1. The zero-order valence-corrected chi connectivity index (χ0v) is 7.32. The second-order valence-corrected chi connectivity index (χ2v) is 2.68. The molecule has 1 aromatic carbocycles. The van der Waals surface area contributed by atoms with Gasteiger partial charge >= 0.3 is 12.3 Å². The Labute approximate surface area is 79.2 Å². The summed E-state index contributed by atoms with van der Waals surface area (Å²) in [5.74, 6) is -0.554. The number of carbonyl (C=O) groups is 1. The van der Waals surface area contributed by atoms with Gasteiger partial charge in [0.05, 0.1) is 7.11 Å². The zero-order chi connectivity index (χ0) is 10.1. The highest BCUT2D eigenvalue weighted by Gasteiger charge is 2.31. The minimum Gasteiger partial charge on any atom is -0.463 e. The molecule has 0 spiro atoms. The topological polar surface area (TPSA) is 44.8 Å². The van der Waals surface area contributed by atoms with Crippen molar-refractivity contribution in [1.82, 2.24) is 0 Å². The van der Waals surface area contributed by atoms with E-state index in [2.05, 4.69) is 4.74 Å². The molecule has 4 nitrogen and oxygen atoms in total. The Bertz CT molecular complexity index is 377. The summed E-state index contributed by atoms with van der Waals surface area (Å²) in [4.78, 5) is 11.0. The standard InChI is InChI=1S/C9H7FO4/c1-12-8(11)9-13-6-3-2-5(10)4-7(6)14-9/h2-4,9H,1H3. The fourth-order valence-electron chi connectivity index (χ4n) is 1.12. The van der Waals surface area contributed by atoms with Crippen LogP contribution in [0.3, 0.4) is 0 Å². The van der Waals surface area contributed by atoms with Crippen LogP contribution >= 0.6 is 0 Å². The highest BCUT2D eigenvalue weighted by Crippen LogP contribution is 2.35. The number of esters is 1. The van der Waals surface area contributed by atoms with Crippen LogP contribution in [0.1, 0.15) is 0 Å². The molecule has 5 heteroatoms. The van der Waals surface area contributed by atoms with E-state index in [1.54, 1.807) is 0 Å². The Kier molecular flexibility index (Phi) is 1.99. The molecule has 1 atom stereocenters. The number of carbonyl (C=O) groups excluding carboxylic acids is 1. The lowest BCUT2D eigenvalue weighted by Crippen LogP contribution is -2.30. The molecular weight excluding hydrogens is 191 g/mol. The van der Waals surface area contributed by atoms with Gasteiger partial charge in [-0.25, -0.2) is 9.18 Å². The first-order chi connectivity index (χ1) is 6.70. The summed E-state index contributed by atoms with van der Waals surface area (Å²) >= 11 is 0. The summed E-state index contributed by atoms with van der Waals surface area (Å²) < 4.78 is 27.2. The van der Waals surface area contributed by atoms with Gasteiger partial charge in [0, 0.05) is 6.07 Å². The summed E-state index contributed by atoms with van der Waals surface area (Å²) in [5.41, 5.74) is 0. The molecule has 0 saturated carbocycles. The van der Waals surface area contributed by atoms with Crippen molar-refractivity contribution in [3.05, 3.63) is 24.0 Å². The minimum atomic E-state index is -1.13. The third-order valence-corrected chi connectivity index (χ3v) is 1.77. The summed E-state index contributed by atoms with van der Waals surface area (Å²) in [6.45, 7) is 0. The summed E-state index contributed by atoms with van der Waals surface area (Å²) in [5, 5.41) is 0.